The van der Waals surface area contributed by atoms with E-state index in [-0.39, 0.29) is 23.6 Å². The molecule has 1 fully saturated rings. The number of carbonyl (C=O) groups excluding carboxylic acids is 4. The van der Waals surface area contributed by atoms with Gasteiger partial charge >= 0.3 is 35.2 Å². The largest absolute Gasteiger partial charge is 0.500 e. The normalized spacial score (nSPS) is 13.9. The molecule has 0 atom stereocenters. The van der Waals surface area contributed by atoms with Gasteiger partial charge < -0.3 is 94.0 Å². The first-order chi connectivity index (χ1) is 51.5. The van der Waals surface area contributed by atoms with Gasteiger partial charge in [0, 0.05) is 227 Å². The van der Waals surface area contributed by atoms with Crippen LogP contribution in [0.15, 0.2) is 97.1 Å². The average molecular weight is 1550 g/mol. The summed E-state index contributed by atoms with van der Waals surface area (Å²) in [5.74, 6) is -0.537. The SMILES string of the molecule is CCO[Si](CCCCNC(=O)c1ccc(N2CCCN(c3ccc(C(=O)NCCCC[Si](OCC)(OCC)OCC)cc3)CCN(c3ccc(C(=O)NCCCC[Si](OCC)(OCC)OCC)cc3)CCCN(c3ccc(C(=O)NCCCC[Si](OCC)(OCC)OCC)cc3)CC2)cc1)(OCC)OCC. The van der Waals surface area contributed by atoms with Crippen LogP contribution < -0.4 is 40.9 Å². The van der Waals surface area contributed by atoms with Crippen LogP contribution in [-0.2, 0) is 53.1 Å². The minimum atomic E-state index is -2.79. The maximum absolute atomic E-state index is 13.7. The van der Waals surface area contributed by atoms with Crippen molar-refractivity contribution in [3.63, 3.8) is 0 Å². The van der Waals surface area contributed by atoms with Crippen molar-refractivity contribution in [1.29, 1.82) is 0 Å². The Labute approximate surface area is 640 Å². The van der Waals surface area contributed by atoms with Crippen LogP contribution in [0.5, 0.6) is 0 Å². The molecule has 4 N–H and O–H groups in total. The highest BCUT2D eigenvalue weighted by Gasteiger charge is 2.42. The summed E-state index contributed by atoms with van der Waals surface area (Å²) >= 11 is 0. The lowest BCUT2D eigenvalue weighted by molar-refractivity contribution is 0.0698. The van der Waals surface area contributed by atoms with Crippen molar-refractivity contribution in [2.75, 3.05) is 177 Å². The maximum Gasteiger partial charge on any atom is 0.500 e. The van der Waals surface area contributed by atoms with E-state index in [2.05, 4.69) is 40.9 Å². The molecule has 4 aromatic rings. The van der Waals surface area contributed by atoms with E-state index in [9.17, 15) is 19.2 Å². The molecule has 1 heterocycles. The topological polar surface area (TPSA) is 240 Å². The van der Waals surface area contributed by atoms with E-state index < -0.39 is 35.2 Å². The maximum atomic E-state index is 13.7. The number of anilines is 4. The fraction of sp³-hybridized carbons (Fsp3) is 0.641. The number of carbonyl (C=O) groups is 4. The third-order valence-corrected chi connectivity index (χ3v) is 30.7. The molecular weight excluding hydrogens is 1420 g/mol. The third-order valence-electron chi connectivity index (χ3n) is 18.1. The van der Waals surface area contributed by atoms with Crippen LogP contribution in [0.2, 0.25) is 24.2 Å². The fourth-order valence-corrected chi connectivity index (χ4v) is 24.0. The van der Waals surface area contributed by atoms with Crippen LogP contribution in [-0.4, -0.2) is 217 Å². The van der Waals surface area contributed by atoms with Crippen LogP contribution in [0.1, 0.15) is 189 Å². The molecule has 0 aromatic heterocycles. The summed E-state index contributed by atoms with van der Waals surface area (Å²) in [7, 11) is -11.1. The Morgan fingerprint density at radius 3 is 0.566 bits per heavy atom. The van der Waals surface area contributed by atoms with Gasteiger partial charge in [0.05, 0.1) is 0 Å². The molecule has 1 saturated heterocycles. The van der Waals surface area contributed by atoms with Crippen molar-refractivity contribution >= 4 is 81.6 Å². The lowest BCUT2D eigenvalue weighted by Gasteiger charge is -2.35. The fourth-order valence-electron chi connectivity index (χ4n) is 13.2. The summed E-state index contributed by atoms with van der Waals surface area (Å²) in [6.45, 7) is 37.2. The van der Waals surface area contributed by atoms with E-state index in [1.54, 1.807) is 0 Å². The van der Waals surface area contributed by atoms with Crippen molar-refractivity contribution in [2.24, 2.45) is 0 Å². The molecule has 106 heavy (non-hydrogen) atoms. The number of nitrogens with one attached hydrogen (secondary N) is 4. The van der Waals surface area contributed by atoms with Gasteiger partial charge in [-0.1, -0.05) is 0 Å². The van der Waals surface area contributed by atoms with E-state index in [0.717, 1.165) is 87.0 Å². The predicted molar refractivity (Wildman–Crippen MR) is 432 cm³/mol. The first-order valence-electron chi connectivity index (χ1n) is 39.8. The van der Waals surface area contributed by atoms with E-state index in [0.29, 0.717) is 204 Å². The van der Waals surface area contributed by atoms with Crippen LogP contribution in [0.25, 0.3) is 0 Å². The summed E-state index contributed by atoms with van der Waals surface area (Å²) in [4.78, 5) is 64.5. The van der Waals surface area contributed by atoms with Gasteiger partial charge in [-0.25, -0.2) is 0 Å². The molecule has 0 saturated carbocycles. The van der Waals surface area contributed by atoms with E-state index in [1.807, 2.05) is 180 Å². The zero-order chi connectivity index (χ0) is 76.7. The molecule has 1 aliphatic heterocycles. The van der Waals surface area contributed by atoms with Gasteiger partial charge in [-0.2, -0.15) is 0 Å². The third kappa shape index (κ3) is 31.4. The van der Waals surface area contributed by atoms with Crippen molar-refractivity contribution in [3.05, 3.63) is 119 Å². The van der Waals surface area contributed by atoms with E-state index in [4.69, 9.17) is 53.1 Å². The van der Waals surface area contributed by atoms with Crippen molar-refractivity contribution in [2.45, 2.75) is 171 Å². The number of benzene rings is 4. The highest BCUT2D eigenvalue weighted by atomic mass is 28.4. The number of unbranched alkanes of at least 4 members (excludes halogenated alkanes) is 4. The highest BCUT2D eigenvalue weighted by Crippen LogP contribution is 2.27. The molecule has 4 aromatic carbocycles. The Bertz CT molecular complexity index is 2580. The second-order valence-electron chi connectivity index (χ2n) is 25.6. The first kappa shape index (κ1) is 91.0. The van der Waals surface area contributed by atoms with E-state index >= 15 is 0 Å². The molecule has 1 aliphatic rings. The number of hydrogen-bond acceptors (Lipinski definition) is 20. The van der Waals surface area contributed by atoms with Crippen LogP contribution >= 0.6 is 0 Å². The Morgan fingerprint density at radius 2 is 0.415 bits per heavy atom. The molecule has 5 rings (SSSR count). The molecule has 0 radical (unpaired) electrons. The second-order valence-corrected chi connectivity index (χ2v) is 36.6. The van der Waals surface area contributed by atoms with Crippen molar-refractivity contribution < 1.29 is 72.3 Å². The number of amides is 4. The van der Waals surface area contributed by atoms with Gasteiger partial charge in [0.2, 0.25) is 0 Å². The highest BCUT2D eigenvalue weighted by molar-refractivity contribution is 6.61. The molecule has 28 heteroatoms. The Hall–Kier alpha value is -5.65. The number of nitrogens with zero attached hydrogens (tertiary/aromatic N) is 4. The van der Waals surface area contributed by atoms with Gasteiger partial charge in [0.15, 0.2) is 0 Å². The number of hydrogen-bond donors (Lipinski definition) is 4. The lowest BCUT2D eigenvalue weighted by Crippen LogP contribution is -2.46. The van der Waals surface area contributed by atoms with Crippen molar-refractivity contribution in [3.8, 4) is 0 Å². The Kier molecular flexibility index (Phi) is 44.4. The minimum Gasteiger partial charge on any atom is -0.374 e. The summed E-state index contributed by atoms with van der Waals surface area (Å²) in [6, 6.07) is 34.4. The predicted octanol–water partition coefficient (Wildman–Crippen LogP) is 13.0. The minimum absolute atomic E-state index is 0.134. The van der Waals surface area contributed by atoms with Gasteiger partial charge in [-0.15, -0.1) is 0 Å². The first-order valence-corrected chi connectivity index (χ1v) is 47.5. The summed E-state index contributed by atoms with van der Waals surface area (Å²) in [5.41, 5.74) is 6.31. The summed E-state index contributed by atoms with van der Waals surface area (Å²) in [5, 5.41) is 12.5. The van der Waals surface area contributed by atoms with Gasteiger partial charge in [0.1, 0.15) is 0 Å². The van der Waals surface area contributed by atoms with Crippen LogP contribution in [0, 0.1) is 0 Å². The quantitative estimate of drug-likeness (QED) is 0.0237. The summed E-state index contributed by atoms with van der Waals surface area (Å²) < 4.78 is 72.8. The van der Waals surface area contributed by atoms with Crippen LogP contribution in [0.4, 0.5) is 22.7 Å². The number of rotatable bonds is 52. The standard InChI is InChI=1S/C78H132N8O16Si4/c1-13-91-103(92-14-2,93-15-3)63-29-25-51-79-75(87)67-35-43-71(44-36-67)83-55-33-56-85(73-47-39-69(40-48-73)77(89)81-53-27-31-65-105(97-19-7,98-20-8)99-21-9)61-62-86(74-49-41-70(42-50-74)78(90)82-54-28-32-66-106(100-22-10,101-23-11)102-24-12)58-34-57-84(60-59-83)72-45-37-68(38-46-72)76(88)80-52-26-30-64-104(94-16-4,95-17-5)96-18-6/h35-50H,13-34,51-66H2,1-12H3,(H,79,87)(H,80,88)(H,81,89)(H,82,90). The van der Waals surface area contributed by atoms with Crippen molar-refractivity contribution in [1.82, 2.24) is 21.3 Å². The zero-order valence-corrected chi connectivity index (χ0v) is 70.4. The molecular formula is C78H132N8O16Si4. The van der Waals surface area contributed by atoms with Gasteiger partial charge in [0.25, 0.3) is 23.6 Å². The smallest absolute Gasteiger partial charge is 0.374 e. The molecule has 0 aliphatic carbocycles. The molecule has 0 bridgehead atoms. The Balaban J connectivity index is 1.41. The lowest BCUT2D eigenvalue weighted by atomic mass is 10.1. The molecule has 0 unspecified atom stereocenters. The monoisotopic (exact) mass is 1550 g/mol. The van der Waals surface area contributed by atoms with Crippen LogP contribution in [0.3, 0.4) is 0 Å². The average Bonchev–Trinajstić information content (AvgIpc) is 0.839. The zero-order valence-electron chi connectivity index (χ0n) is 66.4. The van der Waals surface area contributed by atoms with Gasteiger partial charge in [-0.05, 0) is 244 Å². The molecule has 596 valence electrons. The Morgan fingerprint density at radius 1 is 0.255 bits per heavy atom. The van der Waals surface area contributed by atoms with E-state index in [1.165, 1.54) is 0 Å². The summed E-state index contributed by atoms with van der Waals surface area (Å²) in [6.07, 6.45) is 7.76. The molecule has 24 nitrogen and oxygen atoms in total. The molecule has 0 spiro atoms. The van der Waals surface area contributed by atoms with Gasteiger partial charge in [-0.3, -0.25) is 19.2 Å². The second kappa shape index (κ2) is 51.7. The molecule has 4 amide bonds.